The van der Waals surface area contributed by atoms with Crippen LogP contribution in [0.4, 0.5) is 0 Å². The minimum absolute atomic E-state index is 0.421. The van der Waals surface area contributed by atoms with E-state index in [9.17, 15) is 0 Å². The first-order valence-corrected chi connectivity index (χ1v) is 8.25. The smallest absolute Gasteiger partial charge is 0.122 e. The molecule has 3 nitrogen and oxygen atoms in total. The largest absolute Gasteiger partial charge is 0.465 e. The summed E-state index contributed by atoms with van der Waals surface area (Å²) in [5.74, 6) is 4.46. The van der Waals surface area contributed by atoms with Crippen molar-refractivity contribution < 1.29 is 4.42 Å². The lowest BCUT2D eigenvalue weighted by atomic mass is 10.1. The van der Waals surface area contributed by atoms with Gasteiger partial charge >= 0.3 is 0 Å². The van der Waals surface area contributed by atoms with Gasteiger partial charge in [0, 0.05) is 37.0 Å². The van der Waals surface area contributed by atoms with Gasteiger partial charge in [-0.05, 0) is 43.2 Å². The molecule has 20 heavy (non-hydrogen) atoms. The molecule has 4 heteroatoms. The second-order valence-electron chi connectivity index (χ2n) is 5.18. The monoisotopic (exact) mass is 288 g/mol. The fourth-order valence-electron chi connectivity index (χ4n) is 2.62. The number of hydrogen-bond donors (Lipinski definition) is 0. The summed E-state index contributed by atoms with van der Waals surface area (Å²) >= 11 is 2.02. The van der Waals surface area contributed by atoms with Crippen molar-refractivity contribution in [2.24, 2.45) is 0 Å². The molecule has 2 aromatic heterocycles. The zero-order valence-electron chi connectivity index (χ0n) is 11.8. The van der Waals surface area contributed by atoms with Crippen molar-refractivity contribution in [1.82, 2.24) is 9.88 Å². The van der Waals surface area contributed by atoms with Crippen LogP contribution in [0.5, 0.6) is 0 Å². The summed E-state index contributed by atoms with van der Waals surface area (Å²) < 4.78 is 5.84. The number of aryl methyl sites for hydroxylation is 1. The molecular weight excluding hydrogens is 268 g/mol. The van der Waals surface area contributed by atoms with E-state index in [1.165, 1.54) is 11.3 Å². The molecule has 2 aromatic rings. The van der Waals surface area contributed by atoms with Crippen LogP contribution < -0.4 is 0 Å². The minimum atomic E-state index is 0.421. The molecule has 1 fully saturated rings. The van der Waals surface area contributed by atoms with Crippen molar-refractivity contribution in [2.75, 3.05) is 24.6 Å². The van der Waals surface area contributed by atoms with Crippen LogP contribution in [-0.2, 0) is 6.42 Å². The average molecular weight is 288 g/mol. The molecule has 0 saturated carbocycles. The standard InChI is InChI=1S/C16H20N2OS/c1-13-2-3-16(19-13)15-12-20-11-10-18(15)9-6-14-4-7-17-8-5-14/h2-5,7-8,15H,6,9-12H2,1H3/t15-/m0/s1. The van der Waals surface area contributed by atoms with Gasteiger partial charge in [0.05, 0.1) is 6.04 Å². The molecule has 0 aliphatic carbocycles. The van der Waals surface area contributed by atoms with Crippen molar-refractivity contribution in [1.29, 1.82) is 0 Å². The lowest BCUT2D eigenvalue weighted by Gasteiger charge is -2.34. The summed E-state index contributed by atoms with van der Waals surface area (Å²) in [5.41, 5.74) is 1.35. The molecule has 0 radical (unpaired) electrons. The van der Waals surface area contributed by atoms with Gasteiger partial charge in [0.25, 0.3) is 0 Å². The molecule has 0 amide bonds. The molecule has 0 unspecified atom stereocenters. The zero-order chi connectivity index (χ0) is 13.8. The van der Waals surface area contributed by atoms with Gasteiger partial charge in [0.2, 0.25) is 0 Å². The first-order valence-electron chi connectivity index (χ1n) is 7.10. The number of rotatable bonds is 4. The second-order valence-corrected chi connectivity index (χ2v) is 6.33. The summed E-state index contributed by atoms with van der Waals surface area (Å²) in [6, 6.07) is 8.82. The normalized spacial score (nSPS) is 20.1. The van der Waals surface area contributed by atoms with Crippen LogP contribution in [0, 0.1) is 6.92 Å². The quantitative estimate of drug-likeness (QED) is 0.863. The van der Waals surface area contributed by atoms with E-state index in [0.29, 0.717) is 6.04 Å². The average Bonchev–Trinajstić information content (AvgIpc) is 2.93. The summed E-state index contributed by atoms with van der Waals surface area (Å²) in [6.45, 7) is 4.23. The van der Waals surface area contributed by atoms with Gasteiger partial charge in [-0.3, -0.25) is 9.88 Å². The van der Waals surface area contributed by atoms with Crippen LogP contribution >= 0.6 is 11.8 Å². The highest BCUT2D eigenvalue weighted by molar-refractivity contribution is 7.99. The Morgan fingerprint density at radius 2 is 2.15 bits per heavy atom. The summed E-state index contributed by atoms with van der Waals surface area (Å²) in [4.78, 5) is 6.62. The van der Waals surface area contributed by atoms with E-state index >= 15 is 0 Å². The molecule has 1 aliphatic rings. The van der Waals surface area contributed by atoms with Gasteiger partial charge in [-0.2, -0.15) is 11.8 Å². The predicted octanol–water partition coefficient (Wildman–Crippen LogP) is 3.32. The fourth-order valence-corrected chi connectivity index (χ4v) is 3.75. The number of aromatic nitrogens is 1. The molecule has 0 aromatic carbocycles. The van der Waals surface area contributed by atoms with E-state index in [0.717, 1.165) is 36.8 Å². The van der Waals surface area contributed by atoms with E-state index in [2.05, 4.69) is 34.1 Å². The lowest BCUT2D eigenvalue weighted by molar-refractivity contribution is 0.197. The Kier molecular flexibility index (Phi) is 4.43. The molecule has 3 rings (SSSR count). The van der Waals surface area contributed by atoms with Gasteiger partial charge in [0.15, 0.2) is 0 Å². The summed E-state index contributed by atoms with van der Waals surface area (Å²) in [6.07, 6.45) is 4.81. The Labute approximate surface area is 124 Å². The maximum atomic E-state index is 5.84. The van der Waals surface area contributed by atoms with E-state index in [1.54, 1.807) is 0 Å². The highest BCUT2D eigenvalue weighted by Gasteiger charge is 2.26. The first kappa shape index (κ1) is 13.7. The van der Waals surface area contributed by atoms with Crippen LogP contribution in [0.3, 0.4) is 0 Å². The number of pyridine rings is 1. The number of thioether (sulfide) groups is 1. The van der Waals surface area contributed by atoms with Gasteiger partial charge in [-0.1, -0.05) is 0 Å². The van der Waals surface area contributed by atoms with Crippen molar-refractivity contribution >= 4 is 11.8 Å². The third-order valence-electron chi connectivity index (χ3n) is 3.77. The van der Waals surface area contributed by atoms with Crippen molar-refractivity contribution in [3.8, 4) is 0 Å². The lowest BCUT2D eigenvalue weighted by Crippen LogP contribution is -2.37. The van der Waals surface area contributed by atoms with E-state index < -0.39 is 0 Å². The van der Waals surface area contributed by atoms with E-state index in [-0.39, 0.29) is 0 Å². The second kappa shape index (κ2) is 6.46. The van der Waals surface area contributed by atoms with E-state index in [4.69, 9.17) is 4.42 Å². The SMILES string of the molecule is Cc1ccc([C@@H]2CSCCN2CCc2ccncc2)o1. The summed E-state index contributed by atoms with van der Waals surface area (Å²) in [7, 11) is 0. The zero-order valence-corrected chi connectivity index (χ0v) is 12.6. The molecule has 0 spiro atoms. The van der Waals surface area contributed by atoms with Crippen LogP contribution in [0.2, 0.25) is 0 Å². The molecule has 0 bridgehead atoms. The van der Waals surface area contributed by atoms with Crippen LogP contribution in [-0.4, -0.2) is 34.5 Å². The summed E-state index contributed by atoms with van der Waals surface area (Å²) in [5, 5.41) is 0. The third kappa shape index (κ3) is 3.25. The molecular formula is C16H20N2OS. The molecule has 1 saturated heterocycles. The van der Waals surface area contributed by atoms with Gasteiger partial charge in [0.1, 0.15) is 11.5 Å². The Balaban J connectivity index is 1.66. The van der Waals surface area contributed by atoms with Crippen molar-refractivity contribution in [3.63, 3.8) is 0 Å². The predicted molar refractivity (Wildman–Crippen MR) is 83.0 cm³/mol. The van der Waals surface area contributed by atoms with Crippen LogP contribution in [0.1, 0.15) is 23.1 Å². The Bertz CT molecular complexity index is 540. The van der Waals surface area contributed by atoms with Gasteiger partial charge < -0.3 is 4.42 Å². The highest BCUT2D eigenvalue weighted by Crippen LogP contribution is 2.30. The molecule has 0 N–H and O–H groups in total. The van der Waals surface area contributed by atoms with Crippen molar-refractivity contribution in [3.05, 3.63) is 53.7 Å². The fraction of sp³-hybridized carbons (Fsp3) is 0.438. The third-order valence-corrected chi connectivity index (χ3v) is 4.79. The Morgan fingerprint density at radius 1 is 1.30 bits per heavy atom. The highest BCUT2D eigenvalue weighted by atomic mass is 32.2. The Morgan fingerprint density at radius 3 is 2.90 bits per heavy atom. The maximum absolute atomic E-state index is 5.84. The van der Waals surface area contributed by atoms with Gasteiger partial charge in [-0.15, -0.1) is 0 Å². The molecule has 1 aliphatic heterocycles. The minimum Gasteiger partial charge on any atom is -0.465 e. The van der Waals surface area contributed by atoms with E-state index in [1.807, 2.05) is 31.1 Å². The molecule has 106 valence electrons. The maximum Gasteiger partial charge on any atom is 0.122 e. The van der Waals surface area contributed by atoms with Crippen LogP contribution in [0.15, 0.2) is 41.1 Å². The first-order chi connectivity index (χ1) is 9.83. The van der Waals surface area contributed by atoms with Crippen molar-refractivity contribution in [2.45, 2.75) is 19.4 Å². The number of hydrogen-bond acceptors (Lipinski definition) is 4. The van der Waals surface area contributed by atoms with Crippen LogP contribution in [0.25, 0.3) is 0 Å². The topological polar surface area (TPSA) is 29.3 Å². The molecule has 3 heterocycles. The van der Waals surface area contributed by atoms with Gasteiger partial charge in [-0.25, -0.2) is 0 Å². The number of furan rings is 1. The Hall–Kier alpha value is -1.26. The number of nitrogens with zero attached hydrogens (tertiary/aromatic N) is 2. The molecule has 1 atom stereocenters.